The second kappa shape index (κ2) is 5.90. The molecule has 0 radical (unpaired) electrons. The molecule has 0 bridgehead atoms. The van der Waals surface area contributed by atoms with E-state index in [1.54, 1.807) is 7.11 Å². The fourth-order valence-electron chi connectivity index (χ4n) is 1.64. The van der Waals surface area contributed by atoms with Gasteiger partial charge in [-0.3, -0.25) is 0 Å². The molecule has 0 heterocycles. The average Bonchev–Trinajstić information content (AvgIpc) is 2.25. The van der Waals surface area contributed by atoms with Crippen molar-refractivity contribution in [2.45, 2.75) is 32.6 Å². The Labute approximate surface area is 102 Å². The average molecular weight is 241 g/mol. The van der Waals surface area contributed by atoms with Crippen molar-refractivity contribution in [3.05, 3.63) is 28.3 Å². The summed E-state index contributed by atoms with van der Waals surface area (Å²) in [6, 6.07) is 3.99. The van der Waals surface area contributed by atoms with Crippen LogP contribution in [-0.2, 0) is 11.2 Å². The first-order valence-corrected chi connectivity index (χ1v) is 5.77. The first kappa shape index (κ1) is 13.0. The molecule has 0 aliphatic carbocycles. The minimum atomic E-state index is 0.415. The van der Waals surface area contributed by atoms with E-state index < -0.39 is 0 Å². The fraction of sp³-hybridized carbons (Fsp3) is 0.462. The third-order valence-corrected chi connectivity index (χ3v) is 2.83. The Morgan fingerprint density at radius 1 is 1.44 bits per heavy atom. The largest absolute Gasteiger partial charge is 0.495 e. The molecule has 1 aromatic rings. The molecule has 0 fully saturated rings. The van der Waals surface area contributed by atoms with Crippen molar-refractivity contribution in [1.29, 1.82) is 0 Å². The number of rotatable bonds is 5. The van der Waals surface area contributed by atoms with E-state index in [1.807, 2.05) is 6.07 Å². The fourth-order valence-corrected chi connectivity index (χ4v) is 1.96. The van der Waals surface area contributed by atoms with E-state index in [0.717, 1.165) is 11.8 Å². The van der Waals surface area contributed by atoms with Gasteiger partial charge >= 0.3 is 0 Å². The van der Waals surface area contributed by atoms with Crippen molar-refractivity contribution in [3.63, 3.8) is 0 Å². The van der Waals surface area contributed by atoms with Gasteiger partial charge in [-0.25, -0.2) is 0 Å². The summed E-state index contributed by atoms with van der Waals surface area (Å²) in [5.41, 5.74) is 2.18. The van der Waals surface area contributed by atoms with E-state index >= 15 is 0 Å². The predicted octanol–water partition coefficient (Wildman–Crippen LogP) is 3.60. The van der Waals surface area contributed by atoms with Gasteiger partial charge in [0.15, 0.2) is 0 Å². The molecule has 0 aliphatic heterocycles. The van der Waals surface area contributed by atoms with E-state index in [2.05, 4.69) is 19.9 Å². The molecule has 0 unspecified atom stereocenters. The number of ether oxygens (including phenoxy) is 1. The molecule has 3 heteroatoms. The van der Waals surface area contributed by atoms with Crippen LogP contribution in [0.5, 0.6) is 5.75 Å². The van der Waals surface area contributed by atoms with Gasteiger partial charge in [-0.05, 0) is 29.5 Å². The van der Waals surface area contributed by atoms with Crippen LogP contribution in [0.3, 0.4) is 0 Å². The Morgan fingerprint density at radius 2 is 2.12 bits per heavy atom. The van der Waals surface area contributed by atoms with E-state index in [0.29, 0.717) is 29.5 Å². The lowest BCUT2D eigenvalue weighted by atomic mass is 9.98. The smallest absolute Gasteiger partial charge is 0.140 e. The van der Waals surface area contributed by atoms with Gasteiger partial charge in [-0.1, -0.05) is 31.5 Å². The number of aldehydes is 1. The number of aryl methyl sites for hydroxylation is 1. The molecule has 0 saturated carbocycles. The topological polar surface area (TPSA) is 26.3 Å². The maximum Gasteiger partial charge on any atom is 0.140 e. The van der Waals surface area contributed by atoms with Crippen molar-refractivity contribution in [3.8, 4) is 5.75 Å². The van der Waals surface area contributed by atoms with E-state index in [-0.39, 0.29) is 0 Å². The minimum absolute atomic E-state index is 0.415. The lowest BCUT2D eigenvalue weighted by Gasteiger charge is -2.14. The Kier molecular flexibility index (Phi) is 4.81. The Hall–Kier alpha value is -1.02. The molecule has 0 spiro atoms. The number of carbonyl (C=O) groups excluding carboxylic acids is 1. The second-order valence-electron chi connectivity index (χ2n) is 4.06. The normalized spacial score (nSPS) is 10.6. The van der Waals surface area contributed by atoms with Gasteiger partial charge in [-0.2, -0.15) is 0 Å². The van der Waals surface area contributed by atoms with Crippen LogP contribution in [0.25, 0.3) is 0 Å². The van der Waals surface area contributed by atoms with Crippen LogP contribution < -0.4 is 4.74 Å². The van der Waals surface area contributed by atoms with E-state index in [4.69, 9.17) is 16.3 Å². The zero-order valence-corrected chi connectivity index (χ0v) is 10.7. The van der Waals surface area contributed by atoms with Gasteiger partial charge in [-0.15, -0.1) is 0 Å². The molecule has 1 rings (SSSR count). The summed E-state index contributed by atoms with van der Waals surface area (Å²) < 4.78 is 5.26. The van der Waals surface area contributed by atoms with Crippen molar-refractivity contribution >= 4 is 17.9 Å². The number of hydrogen-bond donors (Lipinski definition) is 0. The van der Waals surface area contributed by atoms with Crippen LogP contribution in [0.2, 0.25) is 5.02 Å². The van der Waals surface area contributed by atoms with Crippen LogP contribution in [0, 0.1) is 0 Å². The highest BCUT2D eigenvalue weighted by atomic mass is 35.5. The summed E-state index contributed by atoms with van der Waals surface area (Å²) in [5, 5.41) is 0.620. The van der Waals surface area contributed by atoms with E-state index in [1.165, 1.54) is 5.56 Å². The van der Waals surface area contributed by atoms with E-state index in [9.17, 15) is 4.79 Å². The molecule has 88 valence electrons. The SMILES string of the molecule is COc1c(Cl)cc(C(C)C)cc1CCC=O. The van der Waals surface area contributed by atoms with Gasteiger partial charge in [0.2, 0.25) is 0 Å². The van der Waals surface area contributed by atoms with Crippen molar-refractivity contribution in [2.75, 3.05) is 7.11 Å². The summed E-state index contributed by atoms with van der Waals surface area (Å²) in [6.45, 7) is 4.23. The third kappa shape index (κ3) is 2.99. The maximum absolute atomic E-state index is 10.4. The molecular formula is C13H17ClO2. The first-order valence-electron chi connectivity index (χ1n) is 5.40. The summed E-state index contributed by atoms with van der Waals surface area (Å²) in [6.07, 6.45) is 2.08. The molecule has 0 amide bonds. The molecule has 2 nitrogen and oxygen atoms in total. The Morgan fingerprint density at radius 3 is 2.62 bits per heavy atom. The molecule has 1 aromatic carbocycles. The maximum atomic E-state index is 10.4. The molecule has 0 saturated heterocycles. The molecule has 0 aliphatic rings. The zero-order valence-electron chi connectivity index (χ0n) is 9.92. The van der Waals surface area contributed by atoms with Crippen LogP contribution in [-0.4, -0.2) is 13.4 Å². The van der Waals surface area contributed by atoms with Crippen molar-refractivity contribution < 1.29 is 9.53 Å². The monoisotopic (exact) mass is 240 g/mol. The number of hydrogen-bond acceptors (Lipinski definition) is 2. The summed E-state index contributed by atoms with van der Waals surface area (Å²) >= 11 is 6.14. The highest BCUT2D eigenvalue weighted by molar-refractivity contribution is 6.32. The number of halogens is 1. The lowest BCUT2D eigenvalue weighted by Crippen LogP contribution is -1.98. The zero-order chi connectivity index (χ0) is 12.1. The molecule has 0 N–H and O–H groups in total. The third-order valence-electron chi connectivity index (χ3n) is 2.55. The standard InChI is InChI=1S/C13H17ClO2/c1-9(2)11-7-10(5-4-6-15)13(16-3)12(14)8-11/h6-9H,4-5H2,1-3H3. The van der Waals surface area contributed by atoms with Gasteiger partial charge in [0.25, 0.3) is 0 Å². The second-order valence-corrected chi connectivity index (χ2v) is 4.46. The van der Waals surface area contributed by atoms with Gasteiger partial charge in [0.1, 0.15) is 12.0 Å². The van der Waals surface area contributed by atoms with Gasteiger partial charge in [0.05, 0.1) is 12.1 Å². The Balaban J connectivity index is 3.13. The highest BCUT2D eigenvalue weighted by Gasteiger charge is 2.11. The van der Waals surface area contributed by atoms with Crippen LogP contribution in [0.4, 0.5) is 0 Å². The van der Waals surface area contributed by atoms with Crippen molar-refractivity contribution in [1.82, 2.24) is 0 Å². The number of methoxy groups -OCH3 is 1. The molecule has 16 heavy (non-hydrogen) atoms. The minimum Gasteiger partial charge on any atom is -0.495 e. The highest BCUT2D eigenvalue weighted by Crippen LogP contribution is 2.33. The van der Waals surface area contributed by atoms with Crippen LogP contribution >= 0.6 is 11.6 Å². The van der Waals surface area contributed by atoms with Gasteiger partial charge < -0.3 is 9.53 Å². The summed E-state index contributed by atoms with van der Waals surface area (Å²) in [5.74, 6) is 1.10. The summed E-state index contributed by atoms with van der Waals surface area (Å²) in [4.78, 5) is 10.4. The molecular weight excluding hydrogens is 224 g/mol. The molecule has 0 atom stereocenters. The number of carbonyl (C=O) groups is 1. The first-order chi connectivity index (χ1) is 7.60. The van der Waals surface area contributed by atoms with Gasteiger partial charge in [0, 0.05) is 6.42 Å². The quantitative estimate of drug-likeness (QED) is 0.735. The van der Waals surface area contributed by atoms with Crippen LogP contribution in [0.1, 0.15) is 37.3 Å². The Bertz CT molecular complexity index is 372. The molecule has 0 aromatic heterocycles. The number of benzene rings is 1. The predicted molar refractivity (Wildman–Crippen MR) is 66.5 cm³/mol. The summed E-state index contributed by atoms with van der Waals surface area (Å²) in [7, 11) is 1.60. The lowest BCUT2D eigenvalue weighted by molar-refractivity contribution is -0.107. The van der Waals surface area contributed by atoms with Crippen molar-refractivity contribution in [2.24, 2.45) is 0 Å². The van der Waals surface area contributed by atoms with Crippen LogP contribution in [0.15, 0.2) is 12.1 Å².